The van der Waals surface area contributed by atoms with Crippen molar-refractivity contribution in [3.05, 3.63) is 87.6 Å². The summed E-state index contributed by atoms with van der Waals surface area (Å²) in [5.74, 6) is -1.26. The number of benzene rings is 2. The van der Waals surface area contributed by atoms with Gasteiger partial charge in [0.05, 0.1) is 11.6 Å². The van der Waals surface area contributed by atoms with Crippen LogP contribution in [0, 0.1) is 11.6 Å². The van der Waals surface area contributed by atoms with Crippen molar-refractivity contribution in [2.75, 3.05) is 19.7 Å². The van der Waals surface area contributed by atoms with E-state index in [2.05, 4.69) is 0 Å². The van der Waals surface area contributed by atoms with Gasteiger partial charge >= 0.3 is 0 Å². The van der Waals surface area contributed by atoms with Crippen LogP contribution >= 0.6 is 11.3 Å². The Morgan fingerprint density at radius 1 is 1.09 bits per heavy atom. The Bertz CT molecular complexity index is 1210. The van der Waals surface area contributed by atoms with Gasteiger partial charge in [-0.05, 0) is 60.5 Å². The Hall–Kier alpha value is -3.26. The number of thiophene rings is 1. The van der Waals surface area contributed by atoms with Gasteiger partial charge in [0.2, 0.25) is 5.91 Å². The molecule has 1 aliphatic carbocycles. The summed E-state index contributed by atoms with van der Waals surface area (Å²) in [5.41, 5.74) is 0.992. The maximum absolute atomic E-state index is 14.3. The van der Waals surface area contributed by atoms with Crippen LogP contribution in [0.15, 0.2) is 60.0 Å². The van der Waals surface area contributed by atoms with Gasteiger partial charge in [-0.15, -0.1) is 11.3 Å². The smallest absolute Gasteiger partial charge is 0.257 e. The first-order valence-electron chi connectivity index (χ1n) is 11.3. The number of ether oxygens (including phenoxy) is 1. The molecule has 1 aliphatic heterocycles. The summed E-state index contributed by atoms with van der Waals surface area (Å²) in [6.07, 6.45) is 2.32. The van der Waals surface area contributed by atoms with Crippen molar-refractivity contribution in [3.63, 3.8) is 0 Å². The van der Waals surface area contributed by atoms with Crippen molar-refractivity contribution in [1.29, 1.82) is 0 Å². The second kappa shape index (κ2) is 9.54. The fourth-order valence-electron chi connectivity index (χ4n) is 4.39. The molecule has 0 saturated heterocycles. The molecule has 2 aromatic carbocycles. The van der Waals surface area contributed by atoms with Crippen LogP contribution in [-0.2, 0) is 11.2 Å². The molecule has 2 heterocycles. The third kappa shape index (κ3) is 4.68. The predicted octanol–water partition coefficient (Wildman–Crippen LogP) is 4.84. The highest BCUT2D eigenvalue weighted by Gasteiger charge is 2.38. The maximum Gasteiger partial charge on any atom is 0.257 e. The molecule has 0 N–H and O–H groups in total. The second-order valence-electron chi connectivity index (χ2n) is 8.56. The van der Waals surface area contributed by atoms with Crippen LogP contribution in [0.1, 0.15) is 39.7 Å². The predicted molar refractivity (Wildman–Crippen MR) is 125 cm³/mol. The third-order valence-electron chi connectivity index (χ3n) is 6.28. The molecule has 176 valence electrons. The highest BCUT2D eigenvalue weighted by molar-refractivity contribution is 7.10. The molecule has 2 amide bonds. The van der Waals surface area contributed by atoms with Crippen LogP contribution in [0.2, 0.25) is 0 Å². The minimum absolute atomic E-state index is 0.0213. The normalized spacial score (nSPS) is 17.2. The van der Waals surface area contributed by atoms with E-state index >= 15 is 0 Å². The molecular formula is C26H24F2N2O3S. The number of fused-ring (bicyclic) bond motifs is 1. The Labute approximate surface area is 200 Å². The molecule has 3 aromatic rings. The number of carbonyl (C=O) groups excluding carboxylic acids is 2. The zero-order valence-electron chi connectivity index (χ0n) is 18.5. The number of hydrogen-bond donors (Lipinski definition) is 0. The Kier molecular flexibility index (Phi) is 6.32. The van der Waals surface area contributed by atoms with E-state index in [-0.39, 0.29) is 36.7 Å². The van der Waals surface area contributed by atoms with Crippen molar-refractivity contribution in [2.45, 2.75) is 31.3 Å². The molecule has 0 unspecified atom stereocenters. The van der Waals surface area contributed by atoms with Crippen molar-refractivity contribution >= 4 is 23.2 Å². The Morgan fingerprint density at radius 2 is 1.91 bits per heavy atom. The minimum atomic E-state index is -0.590. The standard InChI is InChI=1S/C26H24F2N2O3S/c27-17-4-3-5-19(14-17)33-16-23-21-11-13-34-24(21)10-12-29(23)25(31)15-30(18-8-9-18)26(32)20-6-1-2-7-22(20)28/h1-7,11,13-14,18,23H,8-10,12,15-16H2/t23-/m1/s1. The van der Waals surface area contributed by atoms with Crippen LogP contribution in [0.5, 0.6) is 5.75 Å². The van der Waals surface area contributed by atoms with Crippen LogP contribution in [0.3, 0.4) is 0 Å². The molecule has 1 fully saturated rings. The molecular weight excluding hydrogens is 458 g/mol. The van der Waals surface area contributed by atoms with E-state index in [0.29, 0.717) is 12.3 Å². The maximum atomic E-state index is 14.3. The number of amides is 2. The fourth-order valence-corrected chi connectivity index (χ4v) is 5.31. The molecule has 0 bridgehead atoms. The average molecular weight is 483 g/mol. The molecule has 0 spiro atoms. The zero-order chi connectivity index (χ0) is 23.7. The van der Waals surface area contributed by atoms with E-state index in [1.807, 2.05) is 11.4 Å². The van der Waals surface area contributed by atoms with Crippen LogP contribution in [-0.4, -0.2) is 47.4 Å². The summed E-state index contributed by atoms with van der Waals surface area (Å²) in [5, 5.41) is 1.99. The largest absolute Gasteiger partial charge is 0.491 e. The summed E-state index contributed by atoms with van der Waals surface area (Å²) in [4.78, 5) is 31.0. The number of rotatable bonds is 7. The quantitative estimate of drug-likeness (QED) is 0.485. The van der Waals surface area contributed by atoms with Crippen molar-refractivity contribution in [2.24, 2.45) is 0 Å². The molecule has 1 aromatic heterocycles. The van der Waals surface area contributed by atoms with Crippen molar-refractivity contribution in [3.8, 4) is 5.75 Å². The van der Waals surface area contributed by atoms with Gasteiger partial charge in [-0.1, -0.05) is 18.2 Å². The minimum Gasteiger partial charge on any atom is -0.491 e. The first kappa shape index (κ1) is 22.5. The Morgan fingerprint density at radius 3 is 2.68 bits per heavy atom. The summed E-state index contributed by atoms with van der Waals surface area (Å²) in [6.45, 7) is 0.549. The zero-order valence-corrected chi connectivity index (χ0v) is 19.3. The first-order chi connectivity index (χ1) is 16.5. The molecule has 1 atom stereocenters. The van der Waals surface area contributed by atoms with E-state index in [1.165, 1.54) is 40.1 Å². The SMILES string of the molecule is O=C(c1ccccc1F)N(CC(=O)N1CCc2sccc2[C@H]1COc1cccc(F)c1)C1CC1. The van der Waals surface area contributed by atoms with E-state index in [0.717, 1.165) is 24.8 Å². The number of carbonyl (C=O) groups is 2. The molecule has 0 radical (unpaired) electrons. The number of nitrogens with zero attached hydrogens (tertiary/aromatic N) is 2. The van der Waals surface area contributed by atoms with Gasteiger partial charge in [0.15, 0.2) is 0 Å². The summed E-state index contributed by atoms with van der Waals surface area (Å²) < 4.78 is 33.7. The van der Waals surface area contributed by atoms with Crippen molar-refractivity contribution < 1.29 is 23.1 Å². The highest BCUT2D eigenvalue weighted by atomic mass is 32.1. The third-order valence-corrected chi connectivity index (χ3v) is 7.27. The summed E-state index contributed by atoms with van der Waals surface area (Å²) in [7, 11) is 0. The summed E-state index contributed by atoms with van der Waals surface area (Å²) >= 11 is 1.64. The van der Waals surface area contributed by atoms with Crippen LogP contribution < -0.4 is 4.74 Å². The Balaban J connectivity index is 1.35. The topological polar surface area (TPSA) is 49.9 Å². The lowest BCUT2D eigenvalue weighted by atomic mass is 10.0. The lowest BCUT2D eigenvalue weighted by Gasteiger charge is -2.37. The summed E-state index contributed by atoms with van der Waals surface area (Å²) in [6, 6.07) is 13.3. The average Bonchev–Trinajstić information content (AvgIpc) is 3.56. The second-order valence-corrected chi connectivity index (χ2v) is 9.57. The van der Waals surface area contributed by atoms with Crippen LogP contribution in [0.4, 0.5) is 8.78 Å². The number of halogens is 2. The lowest BCUT2D eigenvalue weighted by Crippen LogP contribution is -2.48. The van der Waals surface area contributed by atoms with Gasteiger partial charge < -0.3 is 14.5 Å². The van der Waals surface area contributed by atoms with E-state index in [9.17, 15) is 18.4 Å². The molecule has 8 heteroatoms. The van der Waals surface area contributed by atoms with E-state index in [1.54, 1.807) is 34.4 Å². The molecule has 5 rings (SSSR count). The van der Waals surface area contributed by atoms with E-state index in [4.69, 9.17) is 4.74 Å². The lowest BCUT2D eigenvalue weighted by molar-refractivity contribution is -0.135. The van der Waals surface area contributed by atoms with Gasteiger partial charge in [0, 0.05) is 23.5 Å². The van der Waals surface area contributed by atoms with Gasteiger partial charge in [-0.2, -0.15) is 0 Å². The van der Waals surface area contributed by atoms with E-state index < -0.39 is 17.5 Å². The van der Waals surface area contributed by atoms with Crippen molar-refractivity contribution in [1.82, 2.24) is 9.80 Å². The molecule has 2 aliphatic rings. The molecule has 34 heavy (non-hydrogen) atoms. The van der Waals surface area contributed by atoms with Gasteiger partial charge in [0.25, 0.3) is 5.91 Å². The van der Waals surface area contributed by atoms with Gasteiger partial charge in [-0.3, -0.25) is 9.59 Å². The fraction of sp³-hybridized carbons (Fsp3) is 0.308. The highest BCUT2D eigenvalue weighted by Crippen LogP contribution is 2.35. The molecule has 5 nitrogen and oxygen atoms in total. The van der Waals surface area contributed by atoms with Gasteiger partial charge in [-0.25, -0.2) is 8.78 Å². The first-order valence-corrected chi connectivity index (χ1v) is 12.2. The van der Waals surface area contributed by atoms with Crippen LogP contribution in [0.25, 0.3) is 0 Å². The molecule has 1 saturated carbocycles. The van der Waals surface area contributed by atoms with Gasteiger partial charge in [0.1, 0.15) is 30.5 Å². The number of hydrogen-bond acceptors (Lipinski definition) is 4. The monoisotopic (exact) mass is 482 g/mol.